The zero-order chi connectivity index (χ0) is 17.5. The third-order valence-corrected chi connectivity index (χ3v) is 6.29. The average molecular weight is 360 g/mol. The molecule has 0 atom stereocenters. The summed E-state index contributed by atoms with van der Waals surface area (Å²) in [7, 11) is 0. The van der Waals surface area contributed by atoms with E-state index in [1.54, 1.807) is 0 Å². The molecule has 5 rings (SSSR count). The van der Waals surface area contributed by atoms with Crippen LogP contribution in [0.2, 0.25) is 0 Å². The lowest BCUT2D eigenvalue weighted by Crippen LogP contribution is -1.96. The molecule has 2 aromatic carbocycles. The van der Waals surface area contributed by atoms with Crippen molar-refractivity contribution >= 4 is 32.3 Å². The molecule has 0 spiro atoms. The van der Waals surface area contributed by atoms with E-state index >= 15 is 0 Å². The number of thiophene rings is 1. The van der Waals surface area contributed by atoms with Crippen molar-refractivity contribution in [3.8, 4) is 11.6 Å². The lowest BCUT2D eigenvalue weighted by Gasteiger charge is -2.11. The summed E-state index contributed by atoms with van der Waals surface area (Å²) < 4.78 is 6.41. The summed E-state index contributed by atoms with van der Waals surface area (Å²) in [6, 6.07) is 14.5. The molecule has 2 aromatic heterocycles. The van der Waals surface area contributed by atoms with Gasteiger partial charge in [-0.2, -0.15) is 4.98 Å². The number of benzene rings is 2. The van der Waals surface area contributed by atoms with E-state index in [0.29, 0.717) is 5.88 Å². The van der Waals surface area contributed by atoms with Gasteiger partial charge in [0.15, 0.2) is 0 Å². The summed E-state index contributed by atoms with van der Waals surface area (Å²) in [4.78, 5) is 11.9. The summed E-state index contributed by atoms with van der Waals surface area (Å²) in [5.41, 5.74) is 1.41. The predicted octanol–water partition coefficient (Wildman–Crippen LogP) is 6.21. The molecule has 2 heterocycles. The van der Waals surface area contributed by atoms with Gasteiger partial charge >= 0.3 is 0 Å². The van der Waals surface area contributed by atoms with Gasteiger partial charge in [-0.05, 0) is 49.6 Å². The van der Waals surface area contributed by atoms with Gasteiger partial charge in [0.2, 0.25) is 5.88 Å². The Hall–Kier alpha value is -2.46. The van der Waals surface area contributed by atoms with Crippen LogP contribution in [0.4, 0.5) is 0 Å². The molecule has 3 nitrogen and oxygen atoms in total. The van der Waals surface area contributed by atoms with Gasteiger partial charge in [-0.3, -0.25) is 0 Å². The Labute approximate surface area is 156 Å². The van der Waals surface area contributed by atoms with Crippen LogP contribution in [-0.4, -0.2) is 9.97 Å². The maximum atomic E-state index is 6.41. The highest BCUT2D eigenvalue weighted by atomic mass is 32.1. The molecule has 1 aliphatic carbocycles. The average Bonchev–Trinajstić information content (AvgIpc) is 2.83. The molecular formula is C22H20N2OS. The molecule has 0 aliphatic heterocycles. The van der Waals surface area contributed by atoms with Crippen LogP contribution in [-0.2, 0) is 12.8 Å². The van der Waals surface area contributed by atoms with Gasteiger partial charge in [0, 0.05) is 10.3 Å². The summed E-state index contributed by atoms with van der Waals surface area (Å²) in [5.74, 6) is 2.34. The number of aryl methyl sites for hydroxylation is 3. The Morgan fingerprint density at radius 2 is 1.77 bits per heavy atom. The molecule has 0 N–H and O–H groups in total. The van der Waals surface area contributed by atoms with Gasteiger partial charge in [-0.1, -0.05) is 42.8 Å². The maximum Gasteiger partial charge on any atom is 0.231 e. The first kappa shape index (κ1) is 15.8. The molecule has 0 fully saturated rings. The van der Waals surface area contributed by atoms with Crippen LogP contribution in [0, 0.1) is 6.92 Å². The van der Waals surface area contributed by atoms with E-state index in [4.69, 9.17) is 9.72 Å². The molecule has 0 amide bonds. The summed E-state index contributed by atoms with van der Waals surface area (Å²) in [6.07, 6.45) is 6.07. The van der Waals surface area contributed by atoms with Crippen LogP contribution >= 0.6 is 11.3 Å². The predicted molar refractivity (Wildman–Crippen MR) is 107 cm³/mol. The molecule has 26 heavy (non-hydrogen) atoms. The van der Waals surface area contributed by atoms with Crippen molar-refractivity contribution in [2.45, 2.75) is 39.0 Å². The first-order valence-corrected chi connectivity index (χ1v) is 10.1. The van der Waals surface area contributed by atoms with E-state index in [0.717, 1.165) is 40.0 Å². The smallest absolute Gasteiger partial charge is 0.231 e. The SMILES string of the molecule is Cc1nc(Oc2cccc3ccccc23)c2c3c(sc2n1)CCCCC3. The number of ether oxygens (including phenoxy) is 1. The number of fused-ring (bicyclic) bond motifs is 4. The largest absolute Gasteiger partial charge is 0.438 e. The van der Waals surface area contributed by atoms with Crippen LogP contribution in [0.25, 0.3) is 21.0 Å². The van der Waals surface area contributed by atoms with Gasteiger partial charge in [0.1, 0.15) is 16.4 Å². The number of hydrogen-bond acceptors (Lipinski definition) is 4. The van der Waals surface area contributed by atoms with Crippen molar-refractivity contribution in [3.05, 3.63) is 58.7 Å². The molecule has 1 aliphatic rings. The highest BCUT2D eigenvalue weighted by Crippen LogP contribution is 2.41. The Bertz CT molecular complexity index is 1110. The molecule has 0 unspecified atom stereocenters. The first-order valence-electron chi connectivity index (χ1n) is 9.24. The minimum absolute atomic E-state index is 0.711. The summed E-state index contributed by atoms with van der Waals surface area (Å²) in [6.45, 7) is 1.94. The Morgan fingerprint density at radius 3 is 2.73 bits per heavy atom. The number of nitrogens with zero attached hydrogens (tertiary/aromatic N) is 2. The van der Waals surface area contributed by atoms with Crippen molar-refractivity contribution in [1.82, 2.24) is 9.97 Å². The first-order chi connectivity index (χ1) is 12.8. The normalized spacial score (nSPS) is 14.3. The van der Waals surface area contributed by atoms with E-state index in [1.807, 2.05) is 36.5 Å². The maximum absolute atomic E-state index is 6.41. The highest BCUT2D eigenvalue weighted by molar-refractivity contribution is 7.18. The zero-order valence-corrected chi connectivity index (χ0v) is 15.6. The molecular weight excluding hydrogens is 340 g/mol. The fraction of sp³-hybridized carbons (Fsp3) is 0.273. The Morgan fingerprint density at radius 1 is 0.923 bits per heavy atom. The van der Waals surface area contributed by atoms with Crippen molar-refractivity contribution < 1.29 is 4.74 Å². The Kier molecular flexibility index (Phi) is 3.86. The minimum atomic E-state index is 0.711. The second kappa shape index (κ2) is 6.36. The van der Waals surface area contributed by atoms with Crippen molar-refractivity contribution in [1.29, 1.82) is 0 Å². The fourth-order valence-electron chi connectivity index (χ4n) is 3.87. The zero-order valence-electron chi connectivity index (χ0n) is 14.8. The summed E-state index contributed by atoms with van der Waals surface area (Å²) >= 11 is 1.82. The van der Waals surface area contributed by atoms with Crippen LogP contribution in [0.5, 0.6) is 11.6 Å². The molecule has 4 aromatic rings. The van der Waals surface area contributed by atoms with Crippen molar-refractivity contribution in [2.75, 3.05) is 0 Å². The number of aromatic nitrogens is 2. The van der Waals surface area contributed by atoms with Crippen LogP contribution in [0.1, 0.15) is 35.5 Å². The number of rotatable bonds is 2. The van der Waals surface area contributed by atoms with E-state index in [9.17, 15) is 0 Å². The molecule has 0 saturated carbocycles. The standard InChI is InChI=1S/C22H20N2OS/c1-14-23-21(25-18-12-7-9-15-8-5-6-10-16(15)18)20-17-11-3-2-4-13-19(17)26-22(20)24-14/h5-10,12H,2-4,11,13H2,1H3. The van der Waals surface area contributed by atoms with Gasteiger partial charge in [0.05, 0.1) is 5.39 Å². The van der Waals surface area contributed by atoms with E-state index in [1.165, 1.54) is 35.1 Å². The van der Waals surface area contributed by atoms with Crippen LogP contribution < -0.4 is 4.74 Å². The van der Waals surface area contributed by atoms with Gasteiger partial charge < -0.3 is 4.74 Å². The van der Waals surface area contributed by atoms with Gasteiger partial charge in [-0.25, -0.2) is 4.98 Å². The molecule has 130 valence electrons. The third-order valence-electron chi connectivity index (χ3n) is 5.10. The fourth-order valence-corrected chi connectivity index (χ4v) is 5.16. The second-order valence-electron chi connectivity index (χ2n) is 6.90. The van der Waals surface area contributed by atoms with E-state index < -0.39 is 0 Å². The highest BCUT2D eigenvalue weighted by Gasteiger charge is 2.21. The Balaban J connectivity index is 1.69. The van der Waals surface area contributed by atoms with E-state index in [-0.39, 0.29) is 0 Å². The van der Waals surface area contributed by atoms with Crippen LogP contribution in [0.3, 0.4) is 0 Å². The van der Waals surface area contributed by atoms with Gasteiger partial charge in [0.25, 0.3) is 0 Å². The summed E-state index contributed by atoms with van der Waals surface area (Å²) in [5, 5.41) is 3.42. The second-order valence-corrected chi connectivity index (χ2v) is 7.98. The molecule has 0 radical (unpaired) electrons. The monoisotopic (exact) mass is 360 g/mol. The third kappa shape index (κ3) is 2.65. The molecule has 0 bridgehead atoms. The minimum Gasteiger partial charge on any atom is -0.438 e. The quantitative estimate of drug-likeness (QED) is 0.398. The lowest BCUT2D eigenvalue weighted by molar-refractivity contribution is 0.471. The van der Waals surface area contributed by atoms with Crippen LogP contribution in [0.15, 0.2) is 42.5 Å². The topological polar surface area (TPSA) is 35.0 Å². The van der Waals surface area contributed by atoms with Crippen molar-refractivity contribution in [3.63, 3.8) is 0 Å². The van der Waals surface area contributed by atoms with Gasteiger partial charge in [-0.15, -0.1) is 11.3 Å². The molecule has 4 heteroatoms. The van der Waals surface area contributed by atoms with E-state index in [2.05, 4.69) is 29.2 Å². The lowest BCUT2D eigenvalue weighted by atomic mass is 10.1. The molecule has 0 saturated heterocycles. The number of hydrogen-bond donors (Lipinski definition) is 0. The van der Waals surface area contributed by atoms with Crippen molar-refractivity contribution in [2.24, 2.45) is 0 Å².